The van der Waals surface area contributed by atoms with Gasteiger partial charge in [0.05, 0.1) is 128 Å². The molecular weight excluding hydrogens is 995 g/mol. The monoisotopic (exact) mass is 1140 g/mol. The number of benzene rings is 2. The first kappa shape index (κ1) is 72.5. The smallest absolute Gasteiger partial charge is 0.104 e. The Balaban J connectivity index is 0.000000231. The van der Waals surface area contributed by atoms with Gasteiger partial charge in [-0.15, -0.1) is 0 Å². The molecule has 5 heteroatoms. The van der Waals surface area contributed by atoms with Crippen molar-refractivity contribution in [1.82, 2.24) is 0 Å². The molecule has 9 aliphatic heterocycles. The van der Waals surface area contributed by atoms with Crippen molar-refractivity contribution in [3.63, 3.8) is 0 Å². The summed E-state index contributed by atoms with van der Waals surface area (Å²) < 4.78 is 6.12. The van der Waals surface area contributed by atoms with Crippen molar-refractivity contribution in [2.45, 2.75) is 250 Å². The third-order valence-electron chi connectivity index (χ3n) is 21.7. The Labute approximate surface area is 513 Å². The number of hydrogen-bond donors (Lipinski definition) is 0. The lowest BCUT2D eigenvalue weighted by Gasteiger charge is -2.55. The summed E-state index contributed by atoms with van der Waals surface area (Å²) in [5, 5.41) is 0. The molecule has 472 valence electrons. The quantitative estimate of drug-likeness (QED) is 0.116. The van der Waals surface area contributed by atoms with E-state index in [4.69, 9.17) is 0 Å². The number of fused-ring (bicyclic) bond motifs is 9. The van der Waals surface area contributed by atoms with Crippen molar-refractivity contribution in [3.05, 3.63) is 84.6 Å². The summed E-state index contributed by atoms with van der Waals surface area (Å²) >= 11 is 0. The molecule has 2 aromatic rings. The SMILES string of the molecule is C=C[N+]12CCC(CCCC(C)(C)C)(CC1)CC2.CC(C)(C)CCCC12CC[N+](C)(CC1)CC2.CC(C)(C)CCC[N+](C)(C)C.CC(C)(C)CCC[N+](C)(C)C.CC(C)(CCCC12CC[N+](Cc3ccccc3)(CC1)CC2)c1ccccc1. The van der Waals surface area contributed by atoms with Gasteiger partial charge in [-0.2, -0.15) is 0 Å². The van der Waals surface area contributed by atoms with Gasteiger partial charge in [-0.25, -0.2) is 0 Å². The molecule has 0 saturated carbocycles. The lowest BCUT2D eigenvalue weighted by Crippen LogP contribution is -2.61. The van der Waals surface area contributed by atoms with E-state index >= 15 is 0 Å². The molecule has 11 rings (SSSR count). The minimum atomic E-state index is 0.300. The maximum atomic E-state index is 4.04. The molecule has 2 aromatic carbocycles. The highest BCUT2D eigenvalue weighted by Crippen LogP contribution is 2.50. The molecule has 5 nitrogen and oxygen atoms in total. The first-order valence-electron chi connectivity index (χ1n) is 34.5. The van der Waals surface area contributed by atoms with E-state index in [9.17, 15) is 0 Å². The van der Waals surface area contributed by atoms with Gasteiger partial charge in [0, 0.05) is 63.4 Å². The standard InChI is InChI=1S/C26H36N.C16H30N.C15H30N.2C10H24N/c1-25(2,24-12-7-4-8-13-24)14-9-15-26-16-19-27(20-17-26,21-18-26)22-23-10-5-3-6-11-23;1-5-17-12-9-16(10-13-17,11-14-17)8-6-7-15(2,3)4;1-14(2,3)6-5-7-15-8-11-16(4,12-9-15)13-10-15;2*1-10(2,3)8-7-9-11(4,5)6/h3-8,10-13H,9,14-22H2,1-2H3;5H,1,6-14H2,2-4H3;5-13H2,1-4H3;2*7-9H2,1-6H3/q5*+1. The van der Waals surface area contributed by atoms with Crippen LogP contribution in [-0.2, 0) is 12.0 Å². The van der Waals surface area contributed by atoms with Gasteiger partial charge >= 0.3 is 0 Å². The average Bonchev–Trinajstić information content (AvgIpc) is 3.58. The average molecular weight is 1140 g/mol. The molecular formula is C77H144N5+5. The van der Waals surface area contributed by atoms with Crippen LogP contribution in [0.25, 0.3) is 0 Å². The van der Waals surface area contributed by atoms with Crippen LogP contribution in [0, 0.1) is 37.9 Å². The van der Waals surface area contributed by atoms with Crippen LogP contribution in [0.2, 0.25) is 0 Å². The van der Waals surface area contributed by atoms with Gasteiger partial charge in [-0.05, 0) is 120 Å². The molecule has 0 aromatic heterocycles. The van der Waals surface area contributed by atoms with Crippen LogP contribution in [0.4, 0.5) is 0 Å². The molecule has 9 fully saturated rings. The lowest BCUT2D eigenvalue weighted by molar-refractivity contribution is -0.957. The molecule has 0 unspecified atom stereocenters. The van der Waals surface area contributed by atoms with Gasteiger partial charge in [-0.1, -0.05) is 177 Å². The fourth-order valence-electron chi connectivity index (χ4n) is 15.2. The van der Waals surface area contributed by atoms with E-state index in [2.05, 4.69) is 220 Å². The van der Waals surface area contributed by atoms with E-state index < -0.39 is 0 Å². The van der Waals surface area contributed by atoms with E-state index in [1.54, 1.807) is 0 Å². The van der Waals surface area contributed by atoms with Gasteiger partial charge in [0.1, 0.15) is 6.54 Å². The third kappa shape index (κ3) is 26.9. The van der Waals surface area contributed by atoms with Crippen LogP contribution >= 0.6 is 0 Å². The minimum Gasteiger partial charge on any atom is -0.331 e. The van der Waals surface area contributed by atoms with Crippen molar-refractivity contribution in [2.75, 3.05) is 121 Å². The second kappa shape index (κ2) is 29.8. The van der Waals surface area contributed by atoms with Gasteiger partial charge in [0.25, 0.3) is 0 Å². The molecule has 0 aliphatic carbocycles. The number of quaternary nitrogens is 5. The zero-order valence-electron chi connectivity index (χ0n) is 59.3. The zero-order valence-corrected chi connectivity index (χ0v) is 59.3. The topological polar surface area (TPSA) is 0 Å². The summed E-state index contributed by atoms with van der Waals surface area (Å²) in [5.41, 5.74) is 7.52. The van der Waals surface area contributed by atoms with Crippen molar-refractivity contribution in [3.8, 4) is 0 Å². The maximum Gasteiger partial charge on any atom is 0.104 e. The van der Waals surface area contributed by atoms with E-state index in [1.807, 2.05) is 0 Å². The van der Waals surface area contributed by atoms with Crippen LogP contribution < -0.4 is 0 Å². The van der Waals surface area contributed by atoms with E-state index in [-0.39, 0.29) is 0 Å². The molecule has 9 aliphatic rings. The van der Waals surface area contributed by atoms with Crippen LogP contribution in [-0.4, -0.2) is 144 Å². The van der Waals surface area contributed by atoms with Crippen LogP contribution in [0.1, 0.15) is 249 Å². The van der Waals surface area contributed by atoms with E-state index in [1.165, 1.54) is 244 Å². The predicted molar refractivity (Wildman–Crippen MR) is 363 cm³/mol. The van der Waals surface area contributed by atoms with Gasteiger partial charge in [0.15, 0.2) is 0 Å². The number of nitrogens with zero attached hydrogens (tertiary/aromatic N) is 5. The molecule has 9 saturated heterocycles. The van der Waals surface area contributed by atoms with Crippen molar-refractivity contribution < 1.29 is 22.4 Å². The Hall–Kier alpha value is -2.02. The molecule has 0 spiro atoms. The first-order valence-corrected chi connectivity index (χ1v) is 34.5. The zero-order chi connectivity index (χ0) is 61.5. The summed E-state index contributed by atoms with van der Waals surface area (Å²) in [6.07, 6.45) is 33.5. The summed E-state index contributed by atoms with van der Waals surface area (Å²) in [5.74, 6) is 0. The molecule has 0 atom stereocenters. The normalized spacial score (nSPS) is 28.1. The summed E-state index contributed by atoms with van der Waals surface area (Å²) in [7, 11) is 16.0. The minimum absolute atomic E-state index is 0.300. The molecule has 0 N–H and O–H groups in total. The Morgan fingerprint density at radius 2 is 0.720 bits per heavy atom. The highest BCUT2D eigenvalue weighted by atomic mass is 15.4. The molecule has 82 heavy (non-hydrogen) atoms. The Kier molecular flexibility index (Phi) is 26.3. The highest BCUT2D eigenvalue weighted by Gasteiger charge is 2.50. The maximum absolute atomic E-state index is 4.04. The van der Waals surface area contributed by atoms with Crippen molar-refractivity contribution in [2.24, 2.45) is 37.9 Å². The van der Waals surface area contributed by atoms with Crippen molar-refractivity contribution >= 4 is 0 Å². The fraction of sp³-hybridized carbons (Fsp3) is 0.818. The molecule has 0 radical (unpaired) electrons. The number of rotatable bonds is 20. The third-order valence-corrected chi connectivity index (χ3v) is 21.7. The lowest BCUT2D eigenvalue weighted by atomic mass is 9.66. The van der Waals surface area contributed by atoms with Crippen LogP contribution in [0.3, 0.4) is 0 Å². The van der Waals surface area contributed by atoms with Crippen LogP contribution in [0.5, 0.6) is 0 Å². The highest BCUT2D eigenvalue weighted by molar-refractivity contribution is 5.23. The van der Waals surface area contributed by atoms with E-state index in [0.29, 0.717) is 37.9 Å². The summed E-state index contributed by atoms with van der Waals surface area (Å²) in [4.78, 5) is 0. The Bertz CT molecular complexity index is 1980. The Morgan fingerprint density at radius 3 is 1.05 bits per heavy atom. The predicted octanol–water partition coefficient (Wildman–Crippen LogP) is 19.6. The fourth-order valence-corrected chi connectivity index (χ4v) is 15.2. The van der Waals surface area contributed by atoms with Gasteiger partial charge in [-0.3, -0.25) is 4.48 Å². The number of hydrogen-bond acceptors (Lipinski definition) is 0. The first-order chi connectivity index (χ1) is 37.6. The van der Waals surface area contributed by atoms with Crippen molar-refractivity contribution in [1.29, 1.82) is 0 Å². The second-order valence-electron chi connectivity index (χ2n) is 37.1. The molecule has 0 amide bonds. The van der Waals surface area contributed by atoms with Gasteiger partial charge in [0.2, 0.25) is 0 Å². The van der Waals surface area contributed by atoms with E-state index in [0.717, 1.165) is 14.4 Å². The summed E-state index contributed by atoms with van der Waals surface area (Å²) in [6, 6.07) is 22.2. The molecule has 9 heterocycles. The molecule has 6 bridgehead atoms. The van der Waals surface area contributed by atoms with Crippen LogP contribution in [0.15, 0.2) is 73.4 Å². The van der Waals surface area contributed by atoms with Gasteiger partial charge < -0.3 is 17.9 Å². The second-order valence-corrected chi connectivity index (χ2v) is 37.1. The number of piperidine rings is 9. The summed E-state index contributed by atoms with van der Waals surface area (Å²) in [6.45, 7) is 53.4. The Morgan fingerprint density at radius 1 is 0.415 bits per heavy atom. The largest absolute Gasteiger partial charge is 0.331 e.